The summed E-state index contributed by atoms with van der Waals surface area (Å²) in [6.45, 7) is 3.67. The average Bonchev–Trinajstić information content (AvgIpc) is 2.42. The summed E-state index contributed by atoms with van der Waals surface area (Å²) >= 11 is 0. The van der Waals surface area contributed by atoms with Crippen molar-refractivity contribution in [3.8, 4) is 0 Å². The van der Waals surface area contributed by atoms with Crippen LogP contribution in [0.25, 0.3) is 0 Å². The minimum Gasteiger partial charge on any atom is -0.481 e. The maximum Gasteiger partial charge on any atom is 0.310 e. The molecule has 2 atom stereocenters. The molecule has 6 heteroatoms. The van der Waals surface area contributed by atoms with Crippen molar-refractivity contribution in [1.29, 1.82) is 0 Å². The van der Waals surface area contributed by atoms with Crippen LogP contribution >= 0.6 is 0 Å². The molecule has 0 saturated heterocycles. The fourth-order valence-electron chi connectivity index (χ4n) is 1.99. The van der Waals surface area contributed by atoms with Crippen LogP contribution in [0, 0.1) is 11.8 Å². The van der Waals surface area contributed by atoms with Crippen LogP contribution in [-0.4, -0.2) is 34.7 Å². The van der Waals surface area contributed by atoms with Crippen LogP contribution in [0.3, 0.4) is 0 Å². The second-order valence-electron chi connectivity index (χ2n) is 5.27. The van der Waals surface area contributed by atoms with Crippen LogP contribution in [-0.2, 0) is 19.1 Å². The largest absolute Gasteiger partial charge is 0.481 e. The standard InChI is InChI=1S/C15H26O6/c1-3-4-5-6-7-8-9-21-15(20)12(10-13(16)17)11(2)14(18)19/h11-12H,3-10H2,1-2H3,(H,16,17)(H,18,19). The first-order valence-corrected chi connectivity index (χ1v) is 7.51. The van der Waals surface area contributed by atoms with Gasteiger partial charge in [0.1, 0.15) is 0 Å². The van der Waals surface area contributed by atoms with E-state index in [-0.39, 0.29) is 6.61 Å². The number of unbranched alkanes of at least 4 members (excludes halogenated alkanes) is 5. The predicted molar refractivity (Wildman–Crippen MR) is 76.9 cm³/mol. The van der Waals surface area contributed by atoms with Crippen molar-refractivity contribution >= 4 is 17.9 Å². The Kier molecular flexibility index (Phi) is 10.3. The Hall–Kier alpha value is -1.59. The topological polar surface area (TPSA) is 101 Å². The number of carboxylic acid groups (broad SMARTS) is 2. The van der Waals surface area contributed by atoms with Crippen LogP contribution in [0.1, 0.15) is 58.8 Å². The summed E-state index contributed by atoms with van der Waals surface area (Å²) in [5, 5.41) is 17.7. The number of carbonyl (C=O) groups is 3. The minimum absolute atomic E-state index is 0.216. The lowest BCUT2D eigenvalue weighted by Gasteiger charge is -2.17. The van der Waals surface area contributed by atoms with E-state index >= 15 is 0 Å². The van der Waals surface area contributed by atoms with Crippen molar-refractivity contribution in [2.45, 2.75) is 58.8 Å². The fraction of sp³-hybridized carbons (Fsp3) is 0.800. The third kappa shape index (κ3) is 9.05. The molecule has 0 aliphatic rings. The SMILES string of the molecule is CCCCCCCCOC(=O)C(CC(=O)O)C(C)C(=O)O. The quantitative estimate of drug-likeness (QED) is 0.424. The van der Waals surface area contributed by atoms with Gasteiger partial charge in [-0.05, 0) is 6.42 Å². The van der Waals surface area contributed by atoms with Gasteiger partial charge in [-0.3, -0.25) is 14.4 Å². The van der Waals surface area contributed by atoms with Gasteiger partial charge in [0, 0.05) is 0 Å². The van der Waals surface area contributed by atoms with Crippen molar-refractivity contribution in [3.63, 3.8) is 0 Å². The summed E-state index contributed by atoms with van der Waals surface area (Å²) in [4.78, 5) is 33.4. The zero-order valence-electron chi connectivity index (χ0n) is 12.8. The fourth-order valence-corrected chi connectivity index (χ4v) is 1.99. The average molecular weight is 302 g/mol. The lowest BCUT2D eigenvalue weighted by Crippen LogP contribution is -2.31. The Morgan fingerprint density at radius 1 is 1.00 bits per heavy atom. The Morgan fingerprint density at radius 2 is 1.57 bits per heavy atom. The van der Waals surface area contributed by atoms with Crippen LogP contribution in [0.15, 0.2) is 0 Å². The first kappa shape index (κ1) is 19.4. The Morgan fingerprint density at radius 3 is 2.10 bits per heavy atom. The van der Waals surface area contributed by atoms with E-state index < -0.39 is 36.2 Å². The Balaban J connectivity index is 4.11. The van der Waals surface area contributed by atoms with E-state index in [1.54, 1.807) is 0 Å². The normalized spacial score (nSPS) is 13.4. The van der Waals surface area contributed by atoms with E-state index in [1.165, 1.54) is 19.8 Å². The molecule has 0 amide bonds. The zero-order valence-corrected chi connectivity index (χ0v) is 12.8. The van der Waals surface area contributed by atoms with Gasteiger partial charge in [-0.1, -0.05) is 46.0 Å². The number of carboxylic acids is 2. The van der Waals surface area contributed by atoms with E-state index in [9.17, 15) is 14.4 Å². The van der Waals surface area contributed by atoms with Gasteiger partial charge >= 0.3 is 17.9 Å². The Bertz CT molecular complexity index is 339. The molecule has 0 aliphatic heterocycles. The smallest absolute Gasteiger partial charge is 0.310 e. The van der Waals surface area contributed by atoms with Gasteiger partial charge in [-0.25, -0.2) is 0 Å². The molecule has 0 fully saturated rings. The zero-order chi connectivity index (χ0) is 16.3. The van der Waals surface area contributed by atoms with E-state index in [4.69, 9.17) is 14.9 Å². The number of ether oxygens (including phenoxy) is 1. The molecule has 2 N–H and O–H groups in total. The molecule has 0 aliphatic carbocycles. The number of carbonyl (C=O) groups excluding carboxylic acids is 1. The van der Waals surface area contributed by atoms with E-state index in [0.717, 1.165) is 25.7 Å². The monoisotopic (exact) mass is 302 g/mol. The molecule has 122 valence electrons. The summed E-state index contributed by atoms with van der Waals surface area (Å²) < 4.78 is 5.02. The molecule has 0 aromatic heterocycles. The first-order valence-electron chi connectivity index (χ1n) is 7.51. The van der Waals surface area contributed by atoms with E-state index in [0.29, 0.717) is 0 Å². The molecule has 0 heterocycles. The molecule has 2 unspecified atom stereocenters. The van der Waals surface area contributed by atoms with Crippen molar-refractivity contribution < 1.29 is 29.3 Å². The van der Waals surface area contributed by atoms with Gasteiger partial charge in [-0.15, -0.1) is 0 Å². The highest BCUT2D eigenvalue weighted by atomic mass is 16.5. The van der Waals surface area contributed by atoms with E-state index in [1.807, 2.05) is 0 Å². The van der Waals surface area contributed by atoms with E-state index in [2.05, 4.69) is 6.92 Å². The first-order chi connectivity index (χ1) is 9.90. The highest BCUT2D eigenvalue weighted by molar-refractivity contribution is 5.84. The van der Waals surface area contributed by atoms with Gasteiger partial charge in [0.05, 0.1) is 24.9 Å². The van der Waals surface area contributed by atoms with Crippen molar-refractivity contribution in [2.75, 3.05) is 6.61 Å². The lowest BCUT2D eigenvalue weighted by atomic mass is 9.91. The maximum absolute atomic E-state index is 11.8. The van der Waals surface area contributed by atoms with Gasteiger partial charge < -0.3 is 14.9 Å². The molecule has 0 rings (SSSR count). The lowest BCUT2D eigenvalue weighted by molar-refractivity contribution is -0.160. The molecule has 0 bridgehead atoms. The minimum atomic E-state index is -1.20. The highest BCUT2D eigenvalue weighted by Gasteiger charge is 2.33. The molecule has 6 nitrogen and oxygen atoms in total. The summed E-state index contributed by atoms with van der Waals surface area (Å²) in [6.07, 6.45) is 5.73. The molecular weight excluding hydrogens is 276 g/mol. The number of esters is 1. The molecule has 0 saturated carbocycles. The predicted octanol–water partition coefficient (Wildman–Crippen LogP) is 2.70. The molecule has 0 radical (unpaired) electrons. The summed E-state index contributed by atoms with van der Waals surface area (Å²) in [6, 6.07) is 0. The molecule has 0 aromatic rings. The summed E-state index contributed by atoms with van der Waals surface area (Å²) in [5.41, 5.74) is 0. The highest BCUT2D eigenvalue weighted by Crippen LogP contribution is 2.18. The number of hydrogen-bond acceptors (Lipinski definition) is 4. The molecule has 21 heavy (non-hydrogen) atoms. The summed E-state index contributed by atoms with van der Waals surface area (Å²) in [5.74, 6) is -5.35. The third-order valence-electron chi connectivity index (χ3n) is 3.43. The maximum atomic E-state index is 11.8. The van der Waals surface area contributed by atoms with Gasteiger partial charge in [0.15, 0.2) is 0 Å². The van der Waals surface area contributed by atoms with Crippen LogP contribution in [0.5, 0.6) is 0 Å². The molecule has 0 spiro atoms. The van der Waals surface area contributed by atoms with Crippen molar-refractivity contribution in [3.05, 3.63) is 0 Å². The second kappa shape index (κ2) is 11.1. The van der Waals surface area contributed by atoms with Crippen LogP contribution in [0.2, 0.25) is 0 Å². The van der Waals surface area contributed by atoms with Crippen molar-refractivity contribution in [2.24, 2.45) is 11.8 Å². The number of rotatable bonds is 12. The molecular formula is C15H26O6. The van der Waals surface area contributed by atoms with Gasteiger partial charge in [0.2, 0.25) is 0 Å². The van der Waals surface area contributed by atoms with Crippen molar-refractivity contribution in [1.82, 2.24) is 0 Å². The van der Waals surface area contributed by atoms with Crippen LogP contribution in [0.4, 0.5) is 0 Å². The molecule has 0 aromatic carbocycles. The number of hydrogen-bond donors (Lipinski definition) is 2. The van der Waals surface area contributed by atoms with Crippen LogP contribution < -0.4 is 0 Å². The van der Waals surface area contributed by atoms with Gasteiger partial charge in [-0.2, -0.15) is 0 Å². The third-order valence-corrected chi connectivity index (χ3v) is 3.43. The second-order valence-corrected chi connectivity index (χ2v) is 5.27. The Labute approximate surface area is 125 Å². The summed E-state index contributed by atoms with van der Waals surface area (Å²) in [7, 11) is 0. The number of aliphatic carboxylic acids is 2. The van der Waals surface area contributed by atoms with Gasteiger partial charge in [0.25, 0.3) is 0 Å².